The first kappa shape index (κ1) is 15.3. The lowest BCUT2D eigenvalue weighted by atomic mass is 10.2. The molecule has 0 aliphatic carbocycles. The fraction of sp³-hybridized carbons (Fsp3) is 1.00. The normalized spacial score (nSPS) is 14.5. The molecule has 5 heteroatoms. The van der Waals surface area contributed by atoms with Crippen LogP contribution in [0.4, 0.5) is 0 Å². The summed E-state index contributed by atoms with van der Waals surface area (Å²) in [5.74, 6) is 1.29. The maximum atomic E-state index is 11.5. The summed E-state index contributed by atoms with van der Waals surface area (Å²) in [6.07, 6.45) is 3.11. The van der Waals surface area contributed by atoms with E-state index in [1.165, 1.54) is 0 Å². The molecule has 0 aliphatic heterocycles. The Morgan fingerprint density at radius 3 is 2.33 bits per heavy atom. The van der Waals surface area contributed by atoms with E-state index in [1.807, 2.05) is 0 Å². The Morgan fingerprint density at radius 2 is 1.93 bits per heavy atom. The third-order valence-electron chi connectivity index (χ3n) is 2.40. The average molecular weight is 253 g/mol. The van der Waals surface area contributed by atoms with Gasteiger partial charge in [0, 0.05) is 18.3 Å². The van der Waals surface area contributed by atoms with Gasteiger partial charge in [-0.2, -0.15) is 11.8 Å². The van der Waals surface area contributed by atoms with Crippen LogP contribution in [-0.2, 0) is 9.84 Å². The van der Waals surface area contributed by atoms with Crippen molar-refractivity contribution in [3.63, 3.8) is 0 Å². The van der Waals surface area contributed by atoms with Crippen molar-refractivity contribution in [2.24, 2.45) is 0 Å². The molecule has 1 atom stereocenters. The van der Waals surface area contributed by atoms with Gasteiger partial charge in [-0.15, -0.1) is 0 Å². The van der Waals surface area contributed by atoms with Crippen molar-refractivity contribution in [1.82, 2.24) is 5.32 Å². The van der Waals surface area contributed by atoms with Gasteiger partial charge in [-0.25, -0.2) is 8.42 Å². The van der Waals surface area contributed by atoms with Crippen LogP contribution < -0.4 is 5.32 Å². The summed E-state index contributed by atoms with van der Waals surface area (Å²) in [6.45, 7) is 6.15. The second-order valence-corrected chi connectivity index (χ2v) is 7.52. The monoisotopic (exact) mass is 253 g/mol. The molecule has 1 unspecified atom stereocenters. The van der Waals surface area contributed by atoms with Crippen LogP contribution in [0.25, 0.3) is 0 Å². The number of rotatable bonds is 8. The van der Waals surface area contributed by atoms with Crippen LogP contribution in [-0.4, -0.2) is 44.0 Å². The fourth-order valence-corrected chi connectivity index (χ4v) is 2.79. The van der Waals surface area contributed by atoms with Gasteiger partial charge in [0.15, 0.2) is 9.84 Å². The van der Waals surface area contributed by atoms with E-state index in [4.69, 9.17) is 0 Å². The standard InChI is InChI=1S/C10H23NO2S2/c1-5-10(8-14-4)11-6-7-15(12,13)9(2)3/h9-11H,5-8H2,1-4H3. The Bertz CT molecular complexity index is 250. The molecular weight excluding hydrogens is 230 g/mol. The van der Waals surface area contributed by atoms with Gasteiger partial charge in [0.25, 0.3) is 0 Å². The van der Waals surface area contributed by atoms with E-state index in [1.54, 1.807) is 25.6 Å². The Kier molecular flexibility index (Phi) is 7.65. The summed E-state index contributed by atoms with van der Waals surface area (Å²) < 4.78 is 23.0. The van der Waals surface area contributed by atoms with Gasteiger partial charge in [0.2, 0.25) is 0 Å². The van der Waals surface area contributed by atoms with Gasteiger partial charge in [0.1, 0.15) is 0 Å². The lowest BCUT2D eigenvalue weighted by Gasteiger charge is -2.16. The molecular formula is C10H23NO2S2. The van der Waals surface area contributed by atoms with E-state index in [9.17, 15) is 8.42 Å². The van der Waals surface area contributed by atoms with Crippen molar-refractivity contribution in [3.8, 4) is 0 Å². The zero-order chi connectivity index (χ0) is 11.9. The van der Waals surface area contributed by atoms with Crippen LogP contribution in [0.5, 0.6) is 0 Å². The number of thioether (sulfide) groups is 1. The largest absolute Gasteiger partial charge is 0.312 e. The van der Waals surface area contributed by atoms with Crippen molar-refractivity contribution in [1.29, 1.82) is 0 Å². The van der Waals surface area contributed by atoms with E-state index in [0.717, 1.165) is 12.2 Å². The minimum absolute atomic E-state index is 0.246. The molecule has 15 heavy (non-hydrogen) atoms. The second kappa shape index (κ2) is 7.52. The van der Waals surface area contributed by atoms with Gasteiger partial charge in [0.05, 0.1) is 11.0 Å². The van der Waals surface area contributed by atoms with E-state index >= 15 is 0 Å². The Balaban J connectivity index is 3.87. The van der Waals surface area contributed by atoms with Crippen LogP contribution >= 0.6 is 11.8 Å². The van der Waals surface area contributed by atoms with Crippen LogP contribution in [0.2, 0.25) is 0 Å². The van der Waals surface area contributed by atoms with E-state index in [2.05, 4.69) is 18.5 Å². The molecule has 0 aromatic carbocycles. The maximum Gasteiger partial charge on any atom is 0.153 e. The SMILES string of the molecule is CCC(CSC)NCCS(=O)(=O)C(C)C. The molecule has 3 nitrogen and oxygen atoms in total. The second-order valence-electron chi connectivity index (χ2n) is 3.93. The summed E-state index contributed by atoms with van der Waals surface area (Å²) in [5.41, 5.74) is 0. The minimum Gasteiger partial charge on any atom is -0.312 e. The molecule has 0 spiro atoms. The van der Waals surface area contributed by atoms with E-state index < -0.39 is 9.84 Å². The molecule has 0 saturated heterocycles. The Labute approximate surface area is 98.3 Å². The highest BCUT2D eigenvalue weighted by Crippen LogP contribution is 2.02. The first-order valence-corrected chi connectivity index (χ1v) is 8.48. The Hall–Kier alpha value is 0.260. The van der Waals surface area contributed by atoms with Crippen molar-refractivity contribution in [3.05, 3.63) is 0 Å². The number of nitrogens with one attached hydrogen (secondary N) is 1. The lowest BCUT2D eigenvalue weighted by Crippen LogP contribution is -2.35. The van der Waals surface area contributed by atoms with Gasteiger partial charge >= 0.3 is 0 Å². The van der Waals surface area contributed by atoms with Crippen molar-refractivity contribution in [2.75, 3.05) is 24.3 Å². The molecule has 0 radical (unpaired) electrons. The summed E-state index contributed by atoms with van der Waals surface area (Å²) in [5, 5.41) is 3.02. The van der Waals surface area contributed by atoms with Gasteiger partial charge in [-0.1, -0.05) is 6.92 Å². The molecule has 0 saturated carbocycles. The summed E-state index contributed by atoms with van der Waals surface area (Å²) >= 11 is 1.79. The van der Waals surface area contributed by atoms with Crippen LogP contribution in [0.3, 0.4) is 0 Å². The van der Waals surface area contributed by atoms with Crippen LogP contribution in [0.1, 0.15) is 27.2 Å². The molecule has 0 fully saturated rings. The van der Waals surface area contributed by atoms with Gasteiger partial charge in [-0.05, 0) is 26.5 Å². The van der Waals surface area contributed by atoms with Gasteiger partial charge in [-0.3, -0.25) is 0 Å². The molecule has 0 heterocycles. The van der Waals surface area contributed by atoms with E-state index in [-0.39, 0.29) is 11.0 Å². The molecule has 92 valence electrons. The third kappa shape index (κ3) is 6.43. The molecule has 0 amide bonds. The van der Waals surface area contributed by atoms with Crippen molar-refractivity contribution >= 4 is 21.6 Å². The van der Waals surface area contributed by atoms with E-state index in [0.29, 0.717) is 12.6 Å². The molecule has 0 rings (SSSR count). The van der Waals surface area contributed by atoms with Crippen LogP contribution in [0, 0.1) is 0 Å². The zero-order valence-corrected chi connectivity index (χ0v) is 11.7. The number of sulfone groups is 1. The van der Waals surface area contributed by atoms with Crippen molar-refractivity contribution < 1.29 is 8.42 Å². The summed E-state index contributed by atoms with van der Waals surface area (Å²) in [4.78, 5) is 0. The van der Waals surface area contributed by atoms with Crippen LogP contribution in [0.15, 0.2) is 0 Å². The maximum absolute atomic E-state index is 11.5. The number of hydrogen-bond acceptors (Lipinski definition) is 4. The highest BCUT2D eigenvalue weighted by atomic mass is 32.2. The minimum atomic E-state index is -2.89. The molecule has 0 bridgehead atoms. The quantitative estimate of drug-likeness (QED) is 0.713. The Morgan fingerprint density at radius 1 is 1.33 bits per heavy atom. The molecule has 0 aromatic rings. The topological polar surface area (TPSA) is 46.2 Å². The summed E-state index contributed by atoms with van der Waals surface area (Å²) in [6, 6.07) is 0.433. The molecule has 0 aliphatic rings. The predicted octanol–water partition coefficient (Wildman–Crippen LogP) is 1.54. The first-order valence-electron chi connectivity index (χ1n) is 5.38. The summed E-state index contributed by atoms with van der Waals surface area (Å²) in [7, 11) is -2.89. The zero-order valence-electron chi connectivity index (χ0n) is 10.1. The van der Waals surface area contributed by atoms with Gasteiger partial charge < -0.3 is 5.32 Å². The highest BCUT2D eigenvalue weighted by Gasteiger charge is 2.15. The number of hydrogen-bond donors (Lipinski definition) is 1. The fourth-order valence-electron chi connectivity index (χ4n) is 1.16. The molecule has 0 aromatic heterocycles. The molecule has 1 N–H and O–H groups in total. The first-order chi connectivity index (χ1) is 6.94. The predicted molar refractivity (Wildman–Crippen MR) is 69.4 cm³/mol. The lowest BCUT2D eigenvalue weighted by molar-refractivity contribution is 0.548. The highest BCUT2D eigenvalue weighted by molar-refractivity contribution is 7.98. The average Bonchev–Trinajstić information content (AvgIpc) is 2.16. The van der Waals surface area contributed by atoms with Crippen molar-refractivity contribution in [2.45, 2.75) is 38.5 Å². The third-order valence-corrected chi connectivity index (χ3v) is 5.34. The smallest absolute Gasteiger partial charge is 0.153 e.